The molecule has 0 aromatic heterocycles. The number of hydrogen-bond donors (Lipinski definition) is 1. The highest BCUT2D eigenvalue weighted by molar-refractivity contribution is 5.84. The van der Waals surface area contributed by atoms with Gasteiger partial charge in [0, 0.05) is 0 Å². The zero-order chi connectivity index (χ0) is 17.7. The van der Waals surface area contributed by atoms with Crippen molar-refractivity contribution in [3.8, 4) is 11.5 Å². The van der Waals surface area contributed by atoms with E-state index in [0.717, 1.165) is 62.4 Å². The summed E-state index contributed by atoms with van der Waals surface area (Å²) in [5, 5.41) is 0. The summed E-state index contributed by atoms with van der Waals surface area (Å²) in [5.74, 6) is 1.44. The first-order chi connectivity index (χ1) is 12.2. The Labute approximate surface area is 150 Å². The van der Waals surface area contributed by atoms with E-state index in [1.54, 1.807) is 0 Å². The van der Waals surface area contributed by atoms with E-state index in [4.69, 9.17) is 14.2 Å². The van der Waals surface area contributed by atoms with E-state index >= 15 is 0 Å². The smallest absolute Gasteiger partial charge is 0.316 e. The van der Waals surface area contributed by atoms with Crippen LogP contribution in [-0.2, 0) is 14.9 Å². The highest BCUT2D eigenvalue weighted by atomic mass is 16.6. The predicted octanol–water partition coefficient (Wildman–Crippen LogP) is 1.74. The summed E-state index contributed by atoms with van der Waals surface area (Å²) < 4.78 is 17.0. The van der Waals surface area contributed by atoms with Crippen molar-refractivity contribution in [3.63, 3.8) is 0 Å². The highest BCUT2D eigenvalue weighted by Crippen LogP contribution is 2.45. The third kappa shape index (κ3) is 3.76. The van der Waals surface area contributed by atoms with Crippen LogP contribution < -0.4 is 14.4 Å². The molecule has 0 atom stereocenters. The van der Waals surface area contributed by atoms with Gasteiger partial charge in [0.15, 0.2) is 11.5 Å². The number of ether oxygens (including phenoxy) is 3. The molecule has 25 heavy (non-hydrogen) atoms. The normalized spacial score (nSPS) is 18.4. The van der Waals surface area contributed by atoms with Crippen LogP contribution in [0.25, 0.3) is 0 Å². The molecule has 0 amide bonds. The van der Waals surface area contributed by atoms with Crippen molar-refractivity contribution in [2.75, 3.05) is 39.5 Å². The lowest BCUT2D eigenvalue weighted by Crippen LogP contribution is -3.11. The van der Waals surface area contributed by atoms with Crippen LogP contribution >= 0.6 is 0 Å². The minimum absolute atomic E-state index is 0.0757. The van der Waals surface area contributed by atoms with Crippen LogP contribution in [0, 0.1) is 0 Å². The third-order valence-corrected chi connectivity index (χ3v) is 5.63. The third-order valence-electron chi connectivity index (χ3n) is 5.63. The predicted molar refractivity (Wildman–Crippen MR) is 95.4 cm³/mol. The molecule has 0 unspecified atom stereocenters. The summed E-state index contributed by atoms with van der Waals surface area (Å²) >= 11 is 0. The van der Waals surface area contributed by atoms with Crippen LogP contribution in [0.4, 0.5) is 0 Å². The average molecular weight is 348 g/mol. The van der Waals surface area contributed by atoms with Crippen LogP contribution in [0.3, 0.4) is 0 Å². The first-order valence-electron chi connectivity index (χ1n) is 9.60. The van der Waals surface area contributed by atoms with Crippen LogP contribution in [0.5, 0.6) is 11.5 Å². The average Bonchev–Trinajstić information content (AvgIpc) is 3.16. The molecular weight excluding hydrogens is 318 g/mol. The highest BCUT2D eigenvalue weighted by Gasteiger charge is 2.44. The molecule has 1 aliphatic heterocycles. The number of esters is 1. The first kappa shape index (κ1) is 18.1. The van der Waals surface area contributed by atoms with E-state index < -0.39 is 5.41 Å². The lowest BCUT2D eigenvalue weighted by molar-refractivity contribution is -0.896. The van der Waals surface area contributed by atoms with Crippen LogP contribution in [0.15, 0.2) is 18.2 Å². The Morgan fingerprint density at radius 2 is 1.80 bits per heavy atom. The van der Waals surface area contributed by atoms with Crippen molar-refractivity contribution in [1.29, 1.82) is 0 Å². The standard InChI is InChI=1S/C20H29NO4/c1-3-21(4-2)11-12-25-19(22)20(9-5-6-10-20)16-7-8-17-18(15-16)24-14-13-23-17/h7-8,15H,3-6,9-14H2,1-2H3/p+1. The van der Waals surface area contributed by atoms with Gasteiger partial charge in [0.2, 0.25) is 0 Å². The van der Waals surface area contributed by atoms with Crippen LogP contribution in [0.2, 0.25) is 0 Å². The number of fused-ring (bicyclic) bond motifs is 1. The zero-order valence-corrected chi connectivity index (χ0v) is 15.4. The monoisotopic (exact) mass is 348 g/mol. The second kappa shape index (κ2) is 8.09. The van der Waals surface area contributed by atoms with Gasteiger partial charge in [0.25, 0.3) is 0 Å². The number of carbonyl (C=O) groups excluding carboxylic acids is 1. The van der Waals surface area contributed by atoms with Gasteiger partial charge in [-0.05, 0) is 44.4 Å². The van der Waals surface area contributed by atoms with Crippen molar-refractivity contribution in [2.24, 2.45) is 0 Å². The number of benzene rings is 1. The van der Waals surface area contributed by atoms with Crippen molar-refractivity contribution in [1.82, 2.24) is 0 Å². The molecule has 138 valence electrons. The largest absolute Gasteiger partial charge is 0.486 e. The van der Waals surface area contributed by atoms with E-state index in [2.05, 4.69) is 13.8 Å². The SMILES string of the molecule is CC[NH+](CC)CCOC(=O)C1(c2ccc3c(c2)OCCO3)CCCC1. The summed E-state index contributed by atoms with van der Waals surface area (Å²) in [4.78, 5) is 14.4. The van der Waals surface area contributed by atoms with Crippen molar-refractivity contribution in [3.05, 3.63) is 23.8 Å². The molecular formula is C20H30NO4+. The molecule has 1 aliphatic carbocycles. The molecule has 0 radical (unpaired) electrons. The van der Waals surface area contributed by atoms with Gasteiger partial charge in [0.1, 0.15) is 26.4 Å². The zero-order valence-electron chi connectivity index (χ0n) is 15.4. The van der Waals surface area contributed by atoms with Gasteiger partial charge in [-0.3, -0.25) is 4.79 Å². The number of carbonyl (C=O) groups is 1. The van der Waals surface area contributed by atoms with Gasteiger partial charge in [-0.15, -0.1) is 0 Å². The maximum atomic E-state index is 13.0. The topological polar surface area (TPSA) is 49.2 Å². The second-order valence-corrected chi connectivity index (χ2v) is 6.99. The maximum Gasteiger partial charge on any atom is 0.316 e. The molecule has 5 heteroatoms. The summed E-state index contributed by atoms with van der Waals surface area (Å²) in [7, 11) is 0. The summed E-state index contributed by atoms with van der Waals surface area (Å²) in [6.07, 6.45) is 3.82. The van der Waals surface area contributed by atoms with Crippen molar-refractivity contribution in [2.45, 2.75) is 44.9 Å². The molecule has 3 rings (SSSR count). The minimum Gasteiger partial charge on any atom is -0.486 e. The fraction of sp³-hybridized carbons (Fsp3) is 0.650. The molecule has 1 N–H and O–H groups in total. The fourth-order valence-corrected chi connectivity index (χ4v) is 3.96. The van der Waals surface area contributed by atoms with E-state index in [1.807, 2.05) is 18.2 Å². The van der Waals surface area contributed by atoms with Gasteiger partial charge >= 0.3 is 5.97 Å². The van der Waals surface area contributed by atoms with Crippen LogP contribution in [0.1, 0.15) is 45.1 Å². The Kier molecular flexibility index (Phi) is 5.84. The first-order valence-corrected chi connectivity index (χ1v) is 9.60. The molecule has 1 aromatic rings. The summed E-state index contributed by atoms with van der Waals surface area (Å²) in [6, 6.07) is 5.92. The molecule has 1 fully saturated rings. The molecule has 5 nitrogen and oxygen atoms in total. The number of hydrogen-bond acceptors (Lipinski definition) is 4. The molecule has 1 heterocycles. The van der Waals surface area contributed by atoms with Crippen molar-refractivity contribution >= 4 is 5.97 Å². The van der Waals surface area contributed by atoms with Gasteiger partial charge < -0.3 is 19.1 Å². The Morgan fingerprint density at radius 1 is 1.12 bits per heavy atom. The molecule has 2 aliphatic rings. The number of rotatable bonds is 7. The van der Waals surface area contributed by atoms with Gasteiger partial charge in [-0.25, -0.2) is 0 Å². The summed E-state index contributed by atoms with van der Waals surface area (Å²) in [5.41, 5.74) is 0.489. The number of quaternary nitrogens is 1. The van der Waals surface area contributed by atoms with Crippen LogP contribution in [-0.4, -0.2) is 45.4 Å². The molecule has 0 spiro atoms. The number of nitrogens with one attached hydrogen (secondary N) is 1. The lowest BCUT2D eigenvalue weighted by Gasteiger charge is -2.29. The lowest BCUT2D eigenvalue weighted by atomic mass is 9.78. The molecule has 1 aromatic carbocycles. The van der Waals surface area contributed by atoms with E-state index in [-0.39, 0.29) is 5.97 Å². The Bertz CT molecular complexity index is 591. The fourth-order valence-electron chi connectivity index (χ4n) is 3.96. The Morgan fingerprint density at radius 3 is 2.48 bits per heavy atom. The van der Waals surface area contributed by atoms with Crippen molar-refractivity contribution < 1.29 is 23.9 Å². The van der Waals surface area contributed by atoms with E-state index in [0.29, 0.717) is 19.8 Å². The Hall–Kier alpha value is -1.75. The quantitative estimate of drug-likeness (QED) is 0.763. The van der Waals surface area contributed by atoms with E-state index in [9.17, 15) is 4.79 Å². The number of likely N-dealkylation sites (N-methyl/N-ethyl adjacent to an activating group) is 1. The molecule has 0 bridgehead atoms. The van der Waals surface area contributed by atoms with Gasteiger partial charge in [0.05, 0.1) is 18.5 Å². The Balaban J connectivity index is 1.74. The molecule has 1 saturated carbocycles. The minimum atomic E-state index is -0.519. The molecule has 0 saturated heterocycles. The van der Waals surface area contributed by atoms with E-state index in [1.165, 1.54) is 4.90 Å². The maximum absolute atomic E-state index is 13.0. The summed E-state index contributed by atoms with van der Waals surface area (Å²) in [6.45, 7) is 8.93. The van der Waals surface area contributed by atoms with Gasteiger partial charge in [-0.2, -0.15) is 0 Å². The second-order valence-electron chi connectivity index (χ2n) is 6.99. The van der Waals surface area contributed by atoms with Gasteiger partial charge in [-0.1, -0.05) is 18.9 Å².